The lowest BCUT2D eigenvalue weighted by Gasteiger charge is -2.18. The van der Waals surface area contributed by atoms with Crippen LogP contribution >= 0.6 is 19.0 Å². The lowest BCUT2D eigenvalue weighted by molar-refractivity contribution is -0.0114. The molecule has 0 spiro atoms. The largest absolute Gasteiger partial charge is 0.383 e. The second kappa shape index (κ2) is 5.01. The highest BCUT2D eigenvalue weighted by Crippen LogP contribution is 2.50. The third kappa shape index (κ3) is 3.92. The van der Waals surface area contributed by atoms with Crippen LogP contribution < -0.4 is 0 Å². The Morgan fingerprint density at radius 2 is 2.43 bits per heavy atom. The number of rotatable bonds is 4. The number of hydrogen-bond donors (Lipinski definition) is 2. The minimum Gasteiger partial charge on any atom is -0.382 e. The quantitative estimate of drug-likeness (QED) is 0.404. The molecule has 4 atom stereocenters. The molecular formula is C6H14BO5PS. The first-order valence-electron chi connectivity index (χ1n) is 4.30. The topological polar surface area (TPSA) is 65.0 Å². The fourth-order valence-electron chi connectivity index (χ4n) is 1.52. The molecule has 1 rings (SSSR count). The van der Waals surface area contributed by atoms with Gasteiger partial charge in [-0.1, -0.05) is 12.2 Å². The third-order valence-electron chi connectivity index (χ3n) is 1.99. The molecule has 0 saturated carbocycles. The van der Waals surface area contributed by atoms with Crippen molar-refractivity contribution >= 4 is 26.9 Å². The molecule has 0 aromatic carbocycles. The van der Waals surface area contributed by atoms with Crippen molar-refractivity contribution in [3.8, 4) is 0 Å². The predicted molar refractivity (Wildman–Crippen MR) is 57.4 cm³/mol. The monoisotopic (exact) mass is 240 g/mol. The second-order valence-electron chi connectivity index (χ2n) is 3.31. The molecule has 1 N–H and O–H groups in total. The van der Waals surface area contributed by atoms with E-state index in [1.54, 1.807) is 7.11 Å². The van der Waals surface area contributed by atoms with Gasteiger partial charge in [0.15, 0.2) is 0 Å². The van der Waals surface area contributed by atoms with E-state index in [1.807, 2.05) is 7.85 Å². The van der Waals surface area contributed by atoms with Gasteiger partial charge in [0, 0.05) is 13.1 Å². The zero-order chi connectivity index (χ0) is 10.8. The molecule has 0 bridgehead atoms. The van der Waals surface area contributed by atoms with Crippen LogP contribution in [0.1, 0.15) is 6.42 Å². The summed E-state index contributed by atoms with van der Waals surface area (Å²) in [6.07, 6.45) is -0.125. The van der Waals surface area contributed by atoms with E-state index >= 15 is 0 Å². The molecule has 1 aliphatic heterocycles. The van der Waals surface area contributed by atoms with Gasteiger partial charge in [-0.3, -0.25) is 4.52 Å². The molecule has 2 unspecified atom stereocenters. The van der Waals surface area contributed by atoms with Gasteiger partial charge in [0.05, 0.1) is 12.7 Å². The van der Waals surface area contributed by atoms with Gasteiger partial charge in [-0.25, -0.2) is 4.57 Å². The number of methoxy groups -OCH3 is 1. The SMILES string of the molecule is B[C@H]1CC(OP(=O)(O)S)[C@@H](COC)O1. The Hall–Kier alpha value is 0.485. The van der Waals surface area contributed by atoms with Gasteiger partial charge >= 0.3 is 6.80 Å². The molecule has 1 fully saturated rings. The van der Waals surface area contributed by atoms with Crippen molar-refractivity contribution < 1.29 is 23.5 Å². The summed E-state index contributed by atoms with van der Waals surface area (Å²) in [5.74, 6) is 0. The van der Waals surface area contributed by atoms with E-state index in [-0.39, 0.29) is 12.1 Å². The molecule has 14 heavy (non-hydrogen) atoms. The van der Waals surface area contributed by atoms with E-state index in [2.05, 4.69) is 12.2 Å². The Morgan fingerprint density at radius 3 is 2.93 bits per heavy atom. The fourth-order valence-corrected chi connectivity index (χ4v) is 2.46. The average molecular weight is 240 g/mol. The maximum atomic E-state index is 10.9. The molecule has 0 aromatic heterocycles. The zero-order valence-electron chi connectivity index (χ0n) is 8.12. The summed E-state index contributed by atoms with van der Waals surface area (Å²) in [5, 5.41) is 0. The van der Waals surface area contributed by atoms with Crippen LogP contribution in [0.25, 0.3) is 0 Å². The fraction of sp³-hybridized carbons (Fsp3) is 1.00. The first-order valence-corrected chi connectivity index (χ1v) is 7.03. The van der Waals surface area contributed by atoms with Crippen LogP contribution in [-0.2, 0) is 18.6 Å². The lowest BCUT2D eigenvalue weighted by Crippen LogP contribution is -2.27. The minimum absolute atomic E-state index is 0.0139. The standard InChI is InChI=1S/C6H14BO5PS/c1-10-3-5-4(2-6(7)11-5)12-13(8,9)14/h4-6H,2-3,7H2,1H3,(H2,8,9,14)/t4?,5-,6-/m1/s1. The summed E-state index contributed by atoms with van der Waals surface area (Å²) in [7, 11) is 3.43. The molecule has 0 aliphatic carbocycles. The molecule has 0 radical (unpaired) electrons. The summed E-state index contributed by atoms with van der Waals surface area (Å²) >= 11 is 3.46. The molecule has 1 saturated heterocycles. The Labute approximate surface area is 89.2 Å². The van der Waals surface area contributed by atoms with Crippen LogP contribution in [0.15, 0.2) is 0 Å². The molecule has 0 amide bonds. The Balaban J connectivity index is 2.53. The molecule has 1 heterocycles. The molecule has 8 heteroatoms. The zero-order valence-corrected chi connectivity index (χ0v) is 9.91. The van der Waals surface area contributed by atoms with Crippen molar-refractivity contribution in [1.82, 2.24) is 0 Å². The van der Waals surface area contributed by atoms with Gasteiger partial charge < -0.3 is 14.4 Å². The van der Waals surface area contributed by atoms with Crippen LogP contribution in [0.3, 0.4) is 0 Å². The second-order valence-corrected chi connectivity index (χ2v) is 6.02. The van der Waals surface area contributed by atoms with E-state index in [0.29, 0.717) is 13.0 Å². The Bertz CT molecular complexity index is 234. The van der Waals surface area contributed by atoms with Gasteiger partial charge in [0.1, 0.15) is 14.0 Å². The summed E-state index contributed by atoms with van der Waals surface area (Å²) in [6, 6.07) is 0.0139. The lowest BCUT2D eigenvalue weighted by atomic mass is 9.96. The highest BCUT2D eigenvalue weighted by Gasteiger charge is 2.37. The first kappa shape index (κ1) is 12.6. The van der Waals surface area contributed by atoms with Crippen LogP contribution in [0.2, 0.25) is 0 Å². The van der Waals surface area contributed by atoms with E-state index in [4.69, 9.17) is 18.9 Å². The Kier molecular flexibility index (Phi) is 4.49. The number of thiol groups is 1. The number of hydrogen-bond acceptors (Lipinski definition) is 4. The Morgan fingerprint density at radius 1 is 1.79 bits per heavy atom. The molecule has 1 aliphatic rings. The normalized spacial score (nSPS) is 36.9. The van der Waals surface area contributed by atoms with E-state index < -0.39 is 12.9 Å². The van der Waals surface area contributed by atoms with Gasteiger partial charge in [0.2, 0.25) is 0 Å². The van der Waals surface area contributed by atoms with Crippen molar-refractivity contribution in [3.63, 3.8) is 0 Å². The van der Waals surface area contributed by atoms with E-state index in [9.17, 15) is 4.57 Å². The van der Waals surface area contributed by atoms with Crippen LogP contribution in [0.4, 0.5) is 0 Å². The molecule has 82 valence electrons. The van der Waals surface area contributed by atoms with Crippen molar-refractivity contribution in [3.05, 3.63) is 0 Å². The smallest absolute Gasteiger partial charge is 0.382 e. The van der Waals surface area contributed by atoms with Crippen LogP contribution in [-0.4, -0.2) is 44.7 Å². The van der Waals surface area contributed by atoms with Crippen molar-refractivity contribution in [2.45, 2.75) is 24.6 Å². The van der Waals surface area contributed by atoms with Gasteiger partial charge in [-0.15, -0.1) is 0 Å². The van der Waals surface area contributed by atoms with E-state index in [0.717, 1.165) is 0 Å². The van der Waals surface area contributed by atoms with Crippen molar-refractivity contribution in [1.29, 1.82) is 0 Å². The highest BCUT2D eigenvalue weighted by molar-refractivity contribution is 8.44. The first-order chi connectivity index (χ1) is 6.42. The number of ether oxygens (including phenoxy) is 2. The minimum atomic E-state index is -3.74. The van der Waals surface area contributed by atoms with Gasteiger partial charge in [-0.05, 0) is 6.42 Å². The summed E-state index contributed by atoms with van der Waals surface area (Å²) < 4.78 is 26.2. The molecule has 0 aromatic rings. The van der Waals surface area contributed by atoms with Crippen LogP contribution in [0.5, 0.6) is 0 Å². The summed E-state index contributed by atoms with van der Waals surface area (Å²) in [5.41, 5.74) is 0. The highest BCUT2D eigenvalue weighted by atomic mass is 32.7. The van der Waals surface area contributed by atoms with Gasteiger partial charge in [0.25, 0.3) is 0 Å². The third-order valence-corrected chi connectivity index (χ3v) is 2.82. The maximum absolute atomic E-state index is 10.9. The molecular weight excluding hydrogens is 226 g/mol. The average Bonchev–Trinajstić information content (AvgIpc) is 2.28. The molecule has 5 nitrogen and oxygen atoms in total. The summed E-state index contributed by atoms with van der Waals surface area (Å²) in [6.45, 7) is -3.39. The van der Waals surface area contributed by atoms with Crippen LogP contribution in [0, 0.1) is 0 Å². The van der Waals surface area contributed by atoms with Crippen molar-refractivity contribution in [2.24, 2.45) is 0 Å². The van der Waals surface area contributed by atoms with Crippen molar-refractivity contribution in [2.75, 3.05) is 13.7 Å². The summed E-state index contributed by atoms with van der Waals surface area (Å²) in [4.78, 5) is 8.95. The maximum Gasteiger partial charge on any atom is 0.383 e. The van der Waals surface area contributed by atoms with Gasteiger partial charge in [-0.2, -0.15) is 0 Å². The predicted octanol–water partition coefficient (Wildman–Crippen LogP) is -0.204. The van der Waals surface area contributed by atoms with E-state index in [1.165, 1.54) is 0 Å².